The van der Waals surface area contributed by atoms with Gasteiger partial charge in [-0.1, -0.05) is 6.58 Å². The lowest BCUT2D eigenvalue weighted by atomic mass is 10.1. The monoisotopic (exact) mass is 168 g/mol. The van der Waals surface area contributed by atoms with Crippen LogP contribution < -0.4 is 5.32 Å². The van der Waals surface area contributed by atoms with Crippen molar-refractivity contribution in [3.8, 4) is 0 Å². The molecule has 0 spiro atoms. The Morgan fingerprint density at radius 2 is 2.50 bits per heavy atom. The van der Waals surface area contributed by atoms with E-state index in [-0.39, 0.29) is 5.91 Å². The van der Waals surface area contributed by atoms with Gasteiger partial charge in [0.25, 0.3) is 0 Å². The molecule has 1 unspecified atom stereocenters. The van der Waals surface area contributed by atoms with Crippen LogP contribution in [0.25, 0.3) is 0 Å². The topological polar surface area (TPSA) is 32.3 Å². The molecule has 1 amide bonds. The number of carbonyl (C=O) groups excluding carboxylic acids is 1. The average molecular weight is 168 g/mol. The third-order valence-electron chi connectivity index (χ3n) is 2.16. The highest BCUT2D eigenvalue weighted by molar-refractivity contribution is 5.87. The first-order chi connectivity index (χ1) is 5.72. The number of nitrogens with zero attached hydrogens (tertiary/aromatic N) is 1. The van der Waals surface area contributed by atoms with E-state index in [0.717, 1.165) is 19.5 Å². The number of rotatable bonds is 2. The molecule has 0 saturated carbocycles. The molecule has 1 heterocycles. The fourth-order valence-corrected chi connectivity index (χ4v) is 1.54. The smallest absolute Gasteiger partial charge is 0.243 e. The largest absolute Gasteiger partial charge is 0.349 e. The van der Waals surface area contributed by atoms with Gasteiger partial charge in [-0.3, -0.25) is 4.79 Å². The zero-order valence-electron chi connectivity index (χ0n) is 7.55. The Morgan fingerprint density at radius 1 is 1.75 bits per heavy atom. The minimum atomic E-state index is -0.0599. The van der Waals surface area contributed by atoms with Crippen molar-refractivity contribution in [3.05, 3.63) is 12.7 Å². The van der Waals surface area contributed by atoms with Gasteiger partial charge in [-0.15, -0.1) is 0 Å². The Bertz CT molecular complexity index is 179. The van der Waals surface area contributed by atoms with E-state index in [1.165, 1.54) is 12.5 Å². The van der Waals surface area contributed by atoms with Crippen LogP contribution in [0.5, 0.6) is 0 Å². The van der Waals surface area contributed by atoms with Crippen molar-refractivity contribution in [2.75, 3.05) is 20.1 Å². The zero-order chi connectivity index (χ0) is 8.97. The van der Waals surface area contributed by atoms with Crippen LogP contribution in [0.15, 0.2) is 12.7 Å². The second-order valence-electron chi connectivity index (χ2n) is 3.31. The van der Waals surface area contributed by atoms with Crippen LogP contribution in [-0.2, 0) is 4.79 Å². The lowest BCUT2D eigenvalue weighted by molar-refractivity contribution is -0.117. The lowest BCUT2D eigenvalue weighted by Gasteiger charge is -2.29. The van der Waals surface area contributed by atoms with Crippen LogP contribution in [0.1, 0.15) is 12.8 Å². The third kappa shape index (κ3) is 2.66. The molecular formula is C9H16N2O. The first-order valence-corrected chi connectivity index (χ1v) is 4.34. The molecule has 0 aromatic rings. The van der Waals surface area contributed by atoms with Crippen molar-refractivity contribution >= 4 is 5.91 Å². The Morgan fingerprint density at radius 3 is 3.08 bits per heavy atom. The van der Waals surface area contributed by atoms with Gasteiger partial charge in [0.05, 0.1) is 0 Å². The molecule has 1 aliphatic heterocycles. The van der Waals surface area contributed by atoms with E-state index in [0.29, 0.717) is 6.04 Å². The van der Waals surface area contributed by atoms with Crippen molar-refractivity contribution in [2.24, 2.45) is 0 Å². The van der Waals surface area contributed by atoms with Crippen LogP contribution in [0, 0.1) is 0 Å². The van der Waals surface area contributed by atoms with E-state index in [2.05, 4.69) is 23.8 Å². The Kier molecular flexibility index (Phi) is 3.29. The van der Waals surface area contributed by atoms with Gasteiger partial charge in [0.2, 0.25) is 5.91 Å². The van der Waals surface area contributed by atoms with E-state index in [1.807, 2.05) is 0 Å². The second kappa shape index (κ2) is 4.26. The summed E-state index contributed by atoms with van der Waals surface area (Å²) in [7, 11) is 2.08. The van der Waals surface area contributed by atoms with E-state index >= 15 is 0 Å². The molecular weight excluding hydrogens is 152 g/mol. The predicted molar refractivity (Wildman–Crippen MR) is 48.9 cm³/mol. The summed E-state index contributed by atoms with van der Waals surface area (Å²) in [6.07, 6.45) is 3.58. The van der Waals surface area contributed by atoms with Gasteiger partial charge in [0.1, 0.15) is 0 Å². The van der Waals surface area contributed by atoms with Crippen molar-refractivity contribution in [1.29, 1.82) is 0 Å². The highest BCUT2D eigenvalue weighted by Gasteiger charge is 2.17. The van der Waals surface area contributed by atoms with Crippen LogP contribution >= 0.6 is 0 Å². The van der Waals surface area contributed by atoms with Crippen molar-refractivity contribution < 1.29 is 4.79 Å². The lowest BCUT2D eigenvalue weighted by Crippen LogP contribution is -2.45. The maximum absolute atomic E-state index is 10.9. The molecule has 1 saturated heterocycles. The number of likely N-dealkylation sites (tertiary alicyclic amines) is 1. The summed E-state index contributed by atoms with van der Waals surface area (Å²) in [5.74, 6) is -0.0599. The van der Waals surface area contributed by atoms with Gasteiger partial charge in [0, 0.05) is 12.6 Å². The highest BCUT2D eigenvalue weighted by Crippen LogP contribution is 2.07. The van der Waals surface area contributed by atoms with Crippen molar-refractivity contribution in [3.63, 3.8) is 0 Å². The molecule has 1 N–H and O–H groups in total. The van der Waals surface area contributed by atoms with Gasteiger partial charge in [-0.2, -0.15) is 0 Å². The minimum Gasteiger partial charge on any atom is -0.349 e. The van der Waals surface area contributed by atoms with Crippen molar-refractivity contribution in [2.45, 2.75) is 18.9 Å². The molecule has 0 aromatic heterocycles. The summed E-state index contributed by atoms with van der Waals surface area (Å²) in [6, 6.07) is 0.314. The van der Waals surface area contributed by atoms with E-state index in [9.17, 15) is 4.79 Å². The minimum absolute atomic E-state index is 0.0599. The SMILES string of the molecule is C=CC(=O)NC1CCCN(C)C1. The molecule has 1 aliphatic rings. The normalized spacial score (nSPS) is 24.9. The van der Waals surface area contributed by atoms with Gasteiger partial charge < -0.3 is 10.2 Å². The summed E-state index contributed by atoms with van der Waals surface area (Å²) in [6.45, 7) is 5.52. The molecule has 68 valence electrons. The fraction of sp³-hybridized carbons (Fsp3) is 0.667. The quantitative estimate of drug-likeness (QED) is 0.605. The first-order valence-electron chi connectivity index (χ1n) is 4.34. The molecule has 1 rings (SSSR count). The number of likely N-dealkylation sites (N-methyl/N-ethyl adjacent to an activating group) is 1. The Balaban J connectivity index is 2.31. The number of hydrogen-bond acceptors (Lipinski definition) is 2. The molecule has 12 heavy (non-hydrogen) atoms. The molecule has 1 atom stereocenters. The number of carbonyl (C=O) groups is 1. The Labute approximate surface area is 73.4 Å². The summed E-state index contributed by atoms with van der Waals surface area (Å²) in [4.78, 5) is 13.2. The summed E-state index contributed by atoms with van der Waals surface area (Å²) in [5, 5.41) is 2.90. The van der Waals surface area contributed by atoms with E-state index < -0.39 is 0 Å². The molecule has 3 heteroatoms. The number of amides is 1. The molecule has 1 fully saturated rings. The van der Waals surface area contributed by atoms with E-state index in [4.69, 9.17) is 0 Å². The summed E-state index contributed by atoms with van der Waals surface area (Å²) < 4.78 is 0. The molecule has 0 aliphatic carbocycles. The number of piperidine rings is 1. The fourth-order valence-electron chi connectivity index (χ4n) is 1.54. The Hall–Kier alpha value is -0.830. The first kappa shape index (κ1) is 9.26. The second-order valence-corrected chi connectivity index (χ2v) is 3.31. The predicted octanol–water partition coefficient (Wildman–Crippen LogP) is 0.383. The molecule has 0 bridgehead atoms. The summed E-state index contributed by atoms with van der Waals surface area (Å²) >= 11 is 0. The number of nitrogens with one attached hydrogen (secondary N) is 1. The van der Waals surface area contributed by atoms with Gasteiger partial charge in [-0.05, 0) is 32.5 Å². The number of hydrogen-bond donors (Lipinski definition) is 1. The van der Waals surface area contributed by atoms with Gasteiger partial charge in [0.15, 0.2) is 0 Å². The van der Waals surface area contributed by atoms with Gasteiger partial charge >= 0.3 is 0 Å². The van der Waals surface area contributed by atoms with Crippen LogP contribution in [0.4, 0.5) is 0 Å². The molecule has 3 nitrogen and oxygen atoms in total. The third-order valence-corrected chi connectivity index (χ3v) is 2.16. The molecule has 0 radical (unpaired) electrons. The van der Waals surface area contributed by atoms with Crippen molar-refractivity contribution in [1.82, 2.24) is 10.2 Å². The van der Waals surface area contributed by atoms with Crippen LogP contribution in [0.3, 0.4) is 0 Å². The van der Waals surface area contributed by atoms with Gasteiger partial charge in [-0.25, -0.2) is 0 Å². The average Bonchev–Trinajstić information content (AvgIpc) is 2.04. The zero-order valence-corrected chi connectivity index (χ0v) is 7.55. The van der Waals surface area contributed by atoms with E-state index in [1.54, 1.807) is 0 Å². The maximum Gasteiger partial charge on any atom is 0.243 e. The van der Waals surface area contributed by atoms with Crippen LogP contribution in [0.2, 0.25) is 0 Å². The standard InChI is InChI=1S/C9H16N2O/c1-3-9(12)10-8-5-4-6-11(2)7-8/h3,8H,1,4-7H2,2H3,(H,10,12). The molecule has 0 aromatic carbocycles. The highest BCUT2D eigenvalue weighted by atomic mass is 16.1. The maximum atomic E-state index is 10.9. The summed E-state index contributed by atoms with van der Waals surface area (Å²) in [5.41, 5.74) is 0. The van der Waals surface area contributed by atoms with Crippen LogP contribution in [-0.4, -0.2) is 37.0 Å².